The van der Waals surface area contributed by atoms with E-state index in [1.165, 1.54) is 0 Å². The molecule has 3 N–H and O–H groups in total. The van der Waals surface area contributed by atoms with Gasteiger partial charge in [-0.3, -0.25) is 4.79 Å². The summed E-state index contributed by atoms with van der Waals surface area (Å²) >= 11 is 1.87. The van der Waals surface area contributed by atoms with E-state index in [0.29, 0.717) is 5.56 Å². The lowest BCUT2D eigenvalue weighted by molar-refractivity contribution is 0.0940. The highest BCUT2D eigenvalue weighted by Gasteiger charge is 2.12. The van der Waals surface area contributed by atoms with Crippen molar-refractivity contribution in [3.8, 4) is 0 Å². The van der Waals surface area contributed by atoms with Crippen molar-refractivity contribution in [2.45, 2.75) is 26.3 Å². The lowest BCUT2D eigenvalue weighted by Crippen LogP contribution is -2.33. The number of anilines is 1. The Morgan fingerprint density at radius 2 is 2.41 bits per heavy atom. The number of nitrogens with two attached hydrogens (primary N) is 1. The van der Waals surface area contributed by atoms with Crippen molar-refractivity contribution >= 4 is 23.5 Å². The van der Waals surface area contributed by atoms with Crippen LogP contribution >= 0.6 is 11.8 Å². The zero-order valence-corrected chi connectivity index (χ0v) is 11.1. The van der Waals surface area contributed by atoms with Gasteiger partial charge >= 0.3 is 0 Å². The van der Waals surface area contributed by atoms with Gasteiger partial charge in [-0.15, -0.1) is 0 Å². The summed E-state index contributed by atoms with van der Waals surface area (Å²) in [5, 5.41) is 2.92. The smallest absolute Gasteiger partial charge is 0.255 e. The molecule has 0 saturated carbocycles. The molecule has 1 aromatic rings. The first-order valence-electron chi connectivity index (χ1n) is 5.74. The number of carbonyl (C=O) groups is 1. The van der Waals surface area contributed by atoms with Gasteiger partial charge in [-0.25, -0.2) is 4.98 Å². The molecule has 0 bridgehead atoms. The number of hydrogen-bond acceptors (Lipinski definition) is 4. The first-order chi connectivity index (χ1) is 8.15. The Morgan fingerprint density at radius 1 is 1.65 bits per heavy atom. The van der Waals surface area contributed by atoms with E-state index in [2.05, 4.69) is 17.2 Å². The van der Waals surface area contributed by atoms with Crippen molar-refractivity contribution in [2.75, 3.05) is 17.2 Å². The number of pyridine rings is 1. The summed E-state index contributed by atoms with van der Waals surface area (Å²) in [4.78, 5) is 15.8. The number of carbonyl (C=O) groups excluding carboxylic acids is 1. The molecule has 1 aromatic heterocycles. The molecule has 1 heterocycles. The lowest BCUT2D eigenvalue weighted by atomic mass is 10.2. The number of amides is 1. The number of thioether (sulfide) groups is 1. The molecule has 17 heavy (non-hydrogen) atoms. The molecule has 1 amide bonds. The predicted molar refractivity (Wildman–Crippen MR) is 73.2 cm³/mol. The Balaban J connectivity index is 2.46. The molecule has 94 valence electrons. The highest BCUT2D eigenvalue weighted by Crippen LogP contribution is 2.08. The molecule has 1 unspecified atom stereocenters. The maximum atomic E-state index is 11.9. The number of nitrogen functional groups attached to an aromatic ring is 1. The van der Waals surface area contributed by atoms with Crippen LogP contribution in [0.1, 0.15) is 30.6 Å². The third-order valence-corrected chi connectivity index (χ3v) is 3.29. The molecular weight excluding hydrogens is 234 g/mol. The average Bonchev–Trinajstić information content (AvgIpc) is 2.29. The second-order valence-corrected chi connectivity index (χ2v) is 5.19. The van der Waals surface area contributed by atoms with E-state index < -0.39 is 0 Å². The van der Waals surface area contributed by atoms with E-state index in [9.17, 15) is 4.79 Å². The molecule has 1 atom stereocenters. The zero-order chi connectivity index (χ0) is 12.7. The number of nitrogens with one attached hydrogen (secondary N) is 1. The monoisotopic (exact) mass is 253 g/mol. The minimum absolute atomic E-state index is 0.149. The van der Waals surface area contributed by atoms with Crippen LogP contribution in [0.2, 0.25) is 0 Å². The van der Waals surface area contributed by atoms with Crippen LogP contribution in [0.3, 0.4) is 0 Å². The maximum absolute atomic E-state index is 11.9. The molecule has 4 nitrogen and oxygen atoms in total. The van der Waals surface area contributed by atoms with Crippen LogP contribution in [0.5, 0.6) is 0 Å². The Hall–Kier alpha value is -1.23. The molecule has 1 rings (SSSR count). The second-order valence-electron chi connectivity index (χ2n) is 3.80. The Morgan fingerprint density at radius 3 is 3.06 bits per heavy atom. The van der Waals surface area contributed by atoms with E-state index in [4.69, 9.17) is 5.73 Å². The summed E-state index contributed by atoms with van der Waals surface area (Å²) in [6, 6.07) is 3.55. The molecule has 0 aliphatic rings. The largest absolute Gasteiger partial charge is 0.383 e. The molecule has 0 aromatic carbocycles. The van der Waals surface area contributed by atoms with Crippen molar-refractivity contribution in [1.82, 2.24) is 10.3 Å². The van der Waals surface area contributed by atoms with E-state index in [0.717, 1.165) is 17.9 Å². The van der Waals surface area contributed by atoms with Crippen molar-refractivity contribution in [1.29, 1.82) is 0 Å². The fraction of sp³-hybridized carbons (Fsp3) is 0.500. The maximum Gasteiger partial charge on any atom is 0.255 e. The molecule has 0 aliphatic carbocycles. The number of nitrogens with zero attached hydrogens (tertiary/aromatic N) is 1. The highest BCUT2D eigenvalue weighted by atomic mass is 32.2. The summed E-state index contributed by atoms with van der Waals surface area (Å²) in [7, 11) is 0. The molecule has 0 fully saturated rings. The van der Waals surface area contributed by atoms with Crippen LogP contribution in [0, 0.1) is 0 Å². The fourth-order valence-corrected chi connectivity index (χ4v) is 2.20. The first-order valence-corrected chi connectivity index (χ1v) is 6.89. The van der Waals surface area contributed by atoms with Crippen molar-refractivity contribution < 1.29 is 4.79 Å². The molecule has 0 radical (unpaired) electrons. The summed E-state index contributed by atoms with van der Waals surface area (Å²) in [5.41, 5.74) is 6.09. The average molecular weight is 253 g/mol. The first kappa shape index (κ1) is 13.8. The molecule has 5 heteroatoms. The quantitative estimate of drug-likeness (QED) is 0.760. The van der Waals surface area contributed by atoms with Crippen LogP contribution in [-0.4, -0.2) is 28.4 Å². The molecule has 0 saturated heterocycles. The Bertz CT molecular complexity index is 371. The van der Waals surface area contributed by atoms with Crippen LogP contribution in [0.25, 0.3) is 0 Å². The van der Waals surface area contributed by atoms with Gasteiger partial charge in [0.1, 0.15) is 5.82 Å². The topological polar surface area (TPSA) is 68.0 Å². The minimum Gasteiger partial charge on any atom is -0.383 e. The van der Waals surface area contributed by atoms with Crippen LogP contribution in [0.4, 0.5) is 5.82 Å². The SMILES string of the molecule is CCSCCC(C)NC(=O)c1cccnc1N. The van der Waals surface area contributed by atoms with E-state index in [-0.39, 0.29) is 17.8 Å². The van der Waals surface area contributed by atoms with E-state index in [1.807, 2.05) is 18.7 Å². The lowest BCUT2D eigenvalue weighted by Gasteiger charge is -2.13. The van der Waals surface area contributed by atoms with Gasteiger partial charge in [0.2, 0.25) is 0 Å². The molecule has 0 aliphatic heterocycles. The minimum atomic E-state index is -0.149. The predicted octanol–water partition coefficient (Wildman–Crippen LogP) is 1.93. The van der Waals surface area contributed by atoms with Gasteiger partial charge in [-0.2, -0.15) is 11.8 Å². The normalized spacial score (nSPS) is 12.1. The Kier molecular flexibility index (Phi) is 5.83. The number of rotatable bonds is 6. The van der Waals surface area contributed by atoms with Gasteiger partial charge in [0.15, 0.2) is 0 Å². The van der Waals surface area contributed by atoms with Crippen molar-refractivity contribution in [3.63, 3.8) is 0 Å². The van der Waals surface area contributed by atoms with Crippen LogP contribution < -0.4 is 11.1 Å². The van der Waals surface area contributed by atoms with Gasteiger partial charge in [0.05, 0.1) is 5.56 Å². The van der Waals surface area contributed by atoms with Gasteiger partial charge < -0.3 is 11.1 Å². The summed E-state index contributed by atoms with van der Waals surface area (Å²) in [5.74, 6) is 2.29. The molecular formula is C12H19N3OS. The summed E-state index contributed by atoms with van der Waals surface area (Å²) in [6.45, 7) is 4.13. The zero-order valence-electron chi connectivity index (χ0n) is 10.3. The van der Waals surface area contributed by atoms with Crippen LogP contribution in [-0.2, 0) is 0 Å². The van der Waals surface area contributed by atoms with Crippen molar-refractivity contribution in [3.05, 3.63) is 23.9 Å². The third-order valence-electron chi connectivity index (χ3n) is 2.36. The summed E-state index contributed by atoms with van der Waals surface area (Å²) < 4.78 is 0. The molecule has 0 spiro atoms. The van der Waals surface area contributed by atoms with Crippen LogP contribution in [0.15, 0.2) is 18.3 Å². The van der Waals surface area contributed by atoms with E-state index >= 15 is 0 Å². The fourth-order valence-electron chi connectivity index (χ4n) is 1.39. The van der Waals surface area contributed by atoms with E-state index in [1.54, 1.807) is 18.3 Å². The summed E-state index contributed by atoms with van der Waals surface area (Å²) in [6.07, 6.45) is 2.54. The van der Waals surface area contributed by atoms with Gasteiger partial charge in [-0.05, 0) is 37.0 Å². The second kappa shape index (κ2) is 7.17. The van der Waals surface area contributed by atoms with Gasteiger partial charge in [0, 0.05) is 12.2 Å². The number of hydrogen-bond donors (Lipinski definition) is 2. The Labute approximate surface area is 106 Å². The van der Waals surface area contributed by atoms with Crippen molar-refractivity contribution in [2.24, 2.45) is 0 Å². The highest BCUT2D eigenvalue weighted by molar-refractivity contribution is 7.99. The third kappa shape index (κ3) is 4.65. The van der Waals surface area contributed by atoms with Gasteiger partial charge in [0.25, 0.3) is 5.91 Å². The van der Waals surface area contributed by atoms with Gasteiger partial charge in [-0.1, -0.05) is 6.92 Å². The standard InChI is InChI=1S/C12H19N3OS/c1-3-17-8-6-9(2)15-12(16)10-5-4-7-14-11(10)13/h4-5,7,9H,3,6,8H2,1-2H3,(H2,13,14)(H,15,16). The number of aromatic nitrogens is 1.